The quantitative estimate of drug-likeness (QED) is 0.390. The van der Waals surface area contributed by atoms with Crippen molar-refractivity contribution in [3.8, 4) is 0 Å². The van der Waals surface area contributed by atoms with Crippen molar-refractivity contribution >= 4 is 11.8 Å². The third kappa shape index (κ3) is 4.85. The third-order valence-corrected chi connectivity index (χ3v) is 4.63. The van der Waals surface area contributed by atoms with Gasteiger partial charge in [0.15, 0.2) is 6.04 Å². The summed E-state index contributed by atoms with van der Waals surface area (Å²) >= 11 is 0. The lowest BCUT2D eigenvalue weighted by Crippen LogP contribution is -2.40. The molecule has 1 aliphatic heterocycles. The fraction of sp³-hybridized carbons (Fsp3) is 0.500. The molecule has 0 radical (unpaired) electrons. The van der Waals surface area contributed by atoms with Crippen LogP contribution in [0.5, 0.6) is 0 Å². The molecule has 0 saturated heterocycles. The SMILES string of the molecule is C=C/C(C)=C\C/C(=C\CC)C1CC(C(F)(F)F)n2ncc(C(=O)OCC)c2N1. The molecule has 0 saturated carbocycles. The summed E-state index contributed by atoms with van der Waals surface area (Å²) in [7, 11) is 0. The van der Waals surface area contributed by atoms with Crippen LogP contribution < -0.4 is 5.32 Å². The Morgan fingerprint density at radius 3 is 2.71 bits per heavy atom. The van der Waals surface area contributed by atoms with Gasteiger partial charge >= 0.3 is 12.1 Å². The summed E-state index contributed by atoms with van der Waals surface area (Å²) in [5.74, 6) is -0.648. The molecule has 0 fully saturated rings. The average molecular weight is 397 g/mol. The molecular formula is C20H26F3N3O2. The van der Waals surface area contributed by atoms with Crippen LogP contribution in [0.2, 0.25) is 0 Å². The molecule has 2 rings (SSSR count). The minimum absolute atomic E-state index is 0.00876. The predicted molar refractivity (Wildman–Crippen MR) is 102 cm³/mol. The van der Waals surface area contributed by atoms with Gasteiger partial charge in [-0.1, -0.05) is 37.3 Å². The molecule has 0 aliphatic carbocycles. The molecule has 28 heavy (non-hydrogen) atoms. The molecule has 1 aromatic heterocycles. The lowest BCUT2D eigenvalue weighted by molar-refractivity contribution is -0.173. The van der Waals surface area contributed by atoms with Crippen molar-refractivity contribution in [2.24, 2.45) is 0 Å². The molecule has 1 aliphatic rings. The summed E-state index contributed by atoms with van der Waals surface area (Å²) in [6.07, 6.45) is 3.18. The van der Waals surface area contributed by atoms with E-state index in [2.05, 4.69) is 17.0 Å². The second-order valence-corrected chi connectivity index (χ2v) is 6.61. The van der Waals surface area contributed by atoms with E-state index in [-0.39, 0.29) is 24.4 Å². The van der Waals surface area contributed by atoms with Gasteiger partial charge in [0.1, 0.15) is 11.4 Å². The summed E-state index contributed by atoms with van der Waals surface area (Å²) in [6.45, 7) is 9.28. The van der Waals surface area contributed by atoms with Crippen LogP contribution in [0.15, 0.2) is 42.2 Å². The molecule has 8 heteroatoms. The number of carbonyl (C=O) groups is 1. The third-order valence-electron chi connectivity index (χ3n) is 4.63. The minimum atomic E-state index is -4.49. The first-order chi connectivity index (χ1) is 13.2. The van der Waals surface area contributed by atoms with Crippen molar-refractivity contribution in [3.63, 3.8) is 0 Å². The number of rotatable bonds is 7. The molecule has 154 valence electrons. The number of allylic oxidation sites excluding steroid dienone is 4. The molecule has 2 heterocycles. The Morgan fingerprint density at radius 2 is 2.14 bits per heavy atom. The molecule has 0 spiro atoms. The van der Waals surface area contributed by atoms with Gasteiger partial charge in [0, 0.05) is 6.42 Å². The van der Waals surface area contributed by atoms with Crippen molar-refractivity contribution in [2.75, 3.05) is 11.9 Å². The first kappa shape index (κ1) is 21.8. The molecule has 0 amide bonds. The summed E-state index contributed by atoms with van der Waals surface area (Å²) in [5.41, 5.74) is 1.79. The van der Waals surface area contributed by atoms with Crippen LogP contribution in [0.25, 0.3) is 0 Å². The summed E-state index contributed by atoms with van der Waals surface area (Å²) in [6, 6.07) is -2.39. The van der Waals surface area contributed by atoms with E-state index in [1.165, 1.54) is 0 Å². The van der Waals surface area contributed by atoms with E-state index in [4.69, 9.17) is 4.74 Å². The van der Waals surface area contributed by atoms with E-state index >= 15 is 0 Å². The van der Waals surface area contributed by atoms with Crippen LogP contribution >= 0.6 is 0 Å². The van der Waals surface area contributed by atoms with E-state index in [0.717, 1.165) is 22.0 Å². The van der Waals surface area contributed by atoms with Crippen molar-refractivity contribution < 1.29 is 22.7 Å². The number of alkyl halides is 3. The Morgan fingerprint density at radius 1 is 1.43 bits per heavy atom. The number of nitrogens with one attached hydrogen (secondary N) is 1. The predicted octanol–water partition coefficient (Wildman–Crippen LogP) is 5.21. The molecule has 2 atom stereocenters. The lowest BCUT2D eigenvalue weighted by Gasteiger charge is -2.35. The van der Waals surface area contributed by atoms with Gasteiger partial charge in [-0.2, -0.15) is 18.3 Å². The van der Waals surface area contributed by atoms with Crippen LogP contribution in [-0.4, -0.2) is 34.6 Å². The van der Waals surface area contributed by atoms with Gasteiger partial charge in [0.05, 0.1) is 18.8 Å². The second kappa shape index (κ2) is 9.12. The summed E-state index contributed by atoms with van der Waals surface area (Å²) in [5, 5.41) is 6.91. The number of hydrogen-bond donors (Lipinski definition) is 1. The fourth-order valence-electron chi connectivity index (χ4n) is 3.16. The first-order valence-electron chi connectivity index (χ1n) is 9.28. The van der Waals surface area contributed by atoms with Crippen LogP contribution in [-0.2, 0) is 4.74 Å². The number of esters is 1. The normalized spacial score (nSPS) is 20.4. The highest BCUT2D eigenvalue weighted by atomic mass is 19.4. The van der Waals surface area contributed by atoms with Crippen molar-refractivity contribution in [2.45, 2.75) is 58.3 Å². The molecule has 5 nitrogen and oxygen atoms in total. The average Bonchev–Trinajstić information content (AvgIpc) is 3.07. The molecule has 1 aromatic rings. The maximum absolute atomic E-state index is 13.7. The van der Waals surface area contributed by atoms with Crippen molar-refractivity contribution in [1.29, 1.82) is 0 Å². The molecule has 1 N–H and O–H groups in total. The van der Waals surface area contributed by atoms with Gasteiger partial charge in [-0.3, -0.25) is 0 Å². The number of anilines is 1. The lowest BCUT2D eigenvalue weighted by atomic mass is 9.93. The molecule has 0 bridgehead atoms. The Balaban J connectivity index is 2.44. The number of ether oxygens (including phenoxy) is 1. The van der Waals surface area contributed by atoms with Crippen LogP contribution in [0.4, 0.5) is 19.0 Å². The molecule has 2 unspecified atom stereocenters. The van der Waals surface area contributed by atoms with Crippen LogP contribution in [0, 0.1) is 0 Å². The van der Waals surface area contributed by atoms with Crippen LogP contribution in [0.1, 0.15) is 56.4 Å². The number of hydrogen-bond acceptors (Lipinski definition) is 4. The van der Waals surface area contributed by atoms with Gasteiger partial charge in [-0.15, -0.1) is 0 Å². The number of fused-ring (bicyclic) bond motifs is 1. The zero-order valence-electron chi connectivity index (χ0n) is 16.3. The Labute approximate surface area is 162 Å². The fourth-order valence-corrected chi connectivity index (χ4v) is 3.16. The van der Waals surface area contributed by atoms with Crippen molar-refractivity contribution in [3.05, 3.63) is 47.7 Å². The first-order valence-corrected chi connectivity index (χ1v) is 9.28. The maximum Gasteiger partial charge on any atom is 0.410 e. The monoisotopic (exact) mass is 397 g/mol. The number of halogens is 3. The van der Waals surface area contributed by atoms with E-state index in [9.17, 15) is 18.0 Å². The smallest absolute Gasteiger partial charge is 0.410 e. The Bertz CT molecular complexity index is 778. The zero-order chi connectivity index (χ0) is 20.9. The standard InChI is InChI=1S/C20H26F3N3O2/c1-5-8-14(10-9-13(4)6-2)16-11-17(20(21,22)23)26-18(25-16)15(12-24-26)19(27)28-7-3/h6,8-9,12,16-17,25H,2,5,7,10-11H2,1,3-4H3/b13-9-,14-8+. The number of carbonyl (C=O) groups excluding carboxylic acids is 1. The van der Waals surface area contributed by atoms with Gasteiger partial charge in [-0.25, -0.2) is 9.48 Å². The van der Waals surface area contributed by atoms with Crippen LogP contribution in [0.3, 0.4) is 0 Å². The Hall–Kier alpha value is -2.51. The number of aromatic nitrogens is 2. The van der Waals surface area contributed by atoms with E-state index < -0.39 is 24.2 Å². The van der Waals surface area contributed by atoms with E-state index in [0.29, 0.717) is 12.8 Å². The highest BCUT2D eigenvalue weighted by molar-refractivity contribution is 5.94. The van der Waals surface area contributed by atoms with Gasteiger partial charge in [0.2, 0.25) is 0 Å². The van der Waals surface area contributed by atoms with E-state index in [1.807, 2.05) is 26.0 Å². The molecular weight excluding hydrogens is 371 g/mol. The highest BCUT2D eigenvalue weighted by Crippen LogP contribution is 2.42. The van der Waals surface area contributed by atoms with Gasteiger partial charge < -0.3 is 10.1 Å². The summed E-state index contributed by atoms with van der Waals surface area (Å²) in [4.78, 5) is 12.2. The van der Waals surface area contributed by atoms with E-state index in [1.54, 1.807) is 13.0 Å². The highest BCUT2D eigenvalue weighted by Gasteiger charge is 2.47. The maximum atomic E-state index is 13.7. The van der Waals surface area contributed by atoms with Gasteiger partial charge in [-0.05, 0) is 32.3 Å². The largest absolute Gasteiger partial charge is 0.462 e. The van der Waals surface area contributed by atoms with Gasteiger partial charge in [0.25, 0.3) is 0 Å². The minimum Gasteiger partial charge on any atom is -0.462 e. The Kier molecular flexibility index (Phi) is 7.10. The molecule has 0 aromatic carbocycles. The topological polar surface area (TPSA) is 56.2 Å². The zero-order valence-corrected chi connectivity index (χ0v) is 16.3. The second-order valence-electron chi connectivity index (χ2n) is 6.61. The number of nitrogens with zero attached hydrogens (tertiary/aromatic N) is 2. The van der Waals surface area contributed by atoms with Crippen molar-refractivity contribution in [1.82, 2.24) is 9.78 Å². The summed E-state index contributed by atoms with van der Waals surface area (Å²) < 4.78 is 47.0.